The van der Waals surface area contributed by atoms with Crippen LogP contribution in [0.3, 0.4) is 0 Å². The summed E-state index contributed by atoms with van der Waals surface area (Å²) < 4.78 is 5.13. The molecule has 0 saturated heterocycles. The van der Waals surface area contributed by atoms with Crippen LogP contribution in [-0.2, 0) is 9.53 Å². The fraction of sp³-hybridized carbons (Fsp3) is 0.333. The van der Waals surface area contributed by atoms with Crippen LogP contribution in [-0.4, -0.2) is 24.7 Å². The Morgan fingerprint density at radius 2 is 2.04 bits per heavy atom. The van der Waals surface area contributed by atoms with Crippen LogP contribution in [0.15, 0.2) is 50.5 Å². The molecule has 7 heteroatoms. The summed E-state index contributed by atoms with van der Waals surface area (Å²) >= 11 is 3.08. The van der Waals surface area contributed by atoms with E-state index in [2.05, 4.69) is 10.6 Å². The molecule has 0 fully saturated rings. The van der Waals surface area contributed by atoms with E-state index in [1.807, 2.05) is 18.4 Å². The largest absolute Gasteiger partial charge is 0.461 e. The number of benzene rings is 1. The van der Waals surface area contributed by atoms with E-state index >= 15 is 0 Å². The number of esters is 1. The molecule has 0 radical (unpaired) electrons. The Bertz CT molecular complexity index is 754. The maximum absolute atomic E-state index is 12.6. The minimum atomic E-state index is -0.443. The molecule has 25 heavy (non-hydrogen) atoms. The van der Waals surface area contributed by atoms with Crippen molar-refractivity contribution in [2.45, 2.75) is 31.1 Å². The number of hydrogen-bond acceptors (Lipinski definition) is 6. The molecule has 0 atom stereocenters. The minimum absolute atomic E-state index is 0.235. The highest BCUT2D eigenvalue weighted by Crippen LogP contribution is 2.41. The highest BCUT2D eigenvalue weighted by atomic mass is 32.2. The third-order valence-corrected chi connectivity index (χ3v) is 5.91. The van der Waals surface area contributed by atoms with E-state index in [0.29, 0.717) is 16.3 Å². The average molecular weight is 377 g/mol. The zero-order valence-electron chi connectivity index (χ0n) is 14.2. The van der Waals surface area contributed by atoms with Crippen molar-refractivity contribution in [1.29, 1.82) is 0 Å². The first kappa shape index (κ1) is 17.9. The van der Waals surface area contributed by atoms with Crippen LogP contribution in [0.25, 0.3) is 0 Å². The van der Waals surface area contributed by atoms with Gasteiger partial charge < -0.3 is 15.4 Å². The summed E-state index contributed by atoms with van der Waals surface area (Å²) in [6, 6.07) is 7.38. The summed E-state index contributed by atoms with van der Waals surface area (Å²) in [5.74, 6) is -0.678. The molecule has 5 nitrogen and oxygen atoms in total. The maximum Gasteiger partial charge on any atom is 0.357 e. The van der Waals surface area contributed by atoms with Crippen LogP contribution in [0.5, 0.6) is 0 Å². The molecule has 0 aromatic heterocycles. The molecule has 132 valence electrons. The van der Waals surface area contributed by atoms with Crippen molar-refractivity contribution in [1.82, 2.24) is 10.6 Å². The van der Waals surface area contributed by atoms with Crippen molar-refractivity contribution >= 4 is 35.4 Å². The van der Waals surface area contributed by atoms with Gasteiger partial charge in [0.1, 0.15) is 5.03 Å². The van der Waals surface area contributed by atoms with E-state index < -0.39 is 5.97 Å². The number of amides is 1. The van der Waals surface area contributed by atoms with Gasteiger partial charge in [-0.25, -0.2) is 4.79 Å². The number of carbonyl (C=O) groups excluding carboxylic acids is 2. The lowest BCUT2D eigenvalue weighted by Gasteiger charge is -2.22. The van der Waals surface area contributed by atoms with Gasteiger partial charge in [0, 0.05) is 21.1 Å². The molecule has 3 rings (SSSR count). The molecule has 1 aromatic rings. The quantitative estimate of drug-likeness (QED) is 0.605. The second-order valence-electron chi connectivity index (χ2n) is 5.59. The number of allylic oxidation sites excluding steroid dienone is 2. The second-order valence-corrected chi connectivity index (χ2v) is 7.57. The van der Waals surface area contributed by atoms with Crippen LogP contribution < -0.4 is 10.6 Å². The topological polar surface area (TPSA) is 67.4 Å². The molecule has 0 bridgehead atoms. The third-order valence-electron chi connectivity index (χ3n) is 3.95. The Morgan fingerprint density at radius 1 is 1.28 bits per heavy atom. The number of ether oxygens (including phenoxy) is 1. The monoisotopic (exact) mass is 376 g/mol. The summed E-state index contributed by atoms with van der Waals surface area (Å²) in [5, 5.41) is 6.56. The first-order valence-corrected chi connectivity index (χ1v) is 10.2. The summed E-state index contributed by atoms with van der Waals surface area (Å²) in [6.07, 6.45) is 4.93. The van der Waals surface area contributed by atoms with Crippen LogP contribution >= 0.6 is 23.5 Å². The van der Waals surface area contributed by atoms with Gasteiger partial charge in [0.25, 0.3) is 5.91 Å². The summed E-state index contributed by atoms with van der Waals surface area (Å²) in [7, 11) is 0. The van der Waals surface area contributed by atoms with Crippen molar-refractivity contribution < 1.29 is 14.3 Å². The Labute approximate surface area is 155 Å². The minimum Gasteiger partial charge on any atom is -0.461 e. The Balaban J connectivity index is 1.81. The molecule has 2 N–H and O–H groups in total. The predicted molar refractivity (Wildman–Crippen MR) is 101 cm³/mol. The number of carbonyl (C=O) groups is 2. The molecule has 1 aliphatic carbocycles. The van der Waals surface area contributed by atoms with Crippen LogP contribution in [0.2, 0.25) is 0 Å². The van der Waals surface area contributed by atoms with E-state index in [4.69, 9.17) is 4.74 Å². The molecule has 0 spiro atoms. The average Bonchev–Trinajstić information content (AvgIpc) is 3.08. The van der Waals surface area contributed by atoms with E-state index in [1.165, 1.54) is 16.7 Å². The summed E-state index contributed by atoms with van der Waals surface area (Å²) in [6.45, 7) is 2.05. The second kappa shape index (κ2) is 8.01. The number of nitrogens with one attached hydrogen (secondary N) is 2. The number of rotatable bonds is 5. The lowest BCUT2D eigenvalue weighted by molar-refractivity contribution is -0.138. The van der Waals surface area contributed by atoms with Crippen molar-refractivity contribution in [2.24, 2.45) is 0 Å². The molecule has 0 saturated carbocycles. The van der Waals surface area contributed by atoms with E-state index in [-0.39, 0.29) is 12.5 Å². The van der Waals surface area contributed by atoms with Crippen molar-refractivity contribution in [2.75, 3.05) is 12.9 Å². The fourth-order valence-electron chi connectivity index (χ4n) is 2.70. The van der Waals surface area contributed by atoms with Gasteiger partial charge in [0.05, 0.1) is 6.61 Å². The van der Waals surface area contributed by atoms with Crippen molar-refractivity contribution in [3.8, 4) is 0 Å². The first-order chi connectivity index (χ1) is 12.1. The fourth-order valence-corrected chi connectivity index (χ4v) is 4.25. The standard InChI is InChI=1S/C18H20N2O3S2/c1-3-23-18(22)15-17(25-14-6-4-5-13(14)19-15)20-16(21)11-7-9-12(24-2)10-8-11/h7-10,19H,3-6H2,1-2H3,(H,20,21). The molecule has 1 amide bonds. The third kappa shape index (κ3) is 4.04. The highest BCUT2D eigenvalue weighted by molar-refractivity contribution is 8.06. The molecule has 1 aliphatic heterocycles. The SMILES string of the molecule is CCOC(=O)C1=C(NC(=O)c2ccc(SC)cc2)SC2=C(CCC2)N1. The Morgan fingerprint density at radius 3 is 2.72 bits per heavy atom. The van der Waals surface area contributed by atoms with Crippen molar-refractivity contribution in [3.63, 3.8) is 0 Å². The normalized spacial score (nSPS) is 16.4. The van der Waals surface area contributed by atoms with E-state index in [0.717, 1.165) is 29.9 Å². The molecule has 0 unspecified atom stereocenters. The van der Waals surface area contributed by atoms with Crippen LogP contribution in [0, 0.1) is 0 Å². The highest BCUT2D eigenvalue weighted by Gasteiger charge is 2.29. The number of hydrogen-bond donors (Lipinski definition) is 2. The van der Waals surface area contributed by atoms with Gasteiger partial charge in [-0.1, -0.05) is 11.8 Å². The van der Waals surface area contributed by atoms with Crippen molar-refractivity contribution in [3.05, 3.63) is 51.2 Å². The lowest BCUT2D eigenvalue weighted by Crippen LogP contribution is -2.32. The zero-order chi connectivity index (χ0) is 17.8. The van der Waals surface area contributed by atoms with E-state index in [9.17, 15) is 9.59 Å². The lowest BCUT2D eigenvalue weighted by atomic mass is 10.2. The molecular weight excluding hydrogens is 356 g/mol. The zero-order valence-corrected chi connectivity index (χ0v) is 15.8. The van der Waals surface area contributed by atoms with Crippen LogP contribution in [0.1, 0.15) is 36.5 Å². The molecular formula is C18H20N2O3S2. The van der Waals surface area contributed by atoms with Gasteiger partial charge in [-0.3, -0.25) is 4.79 Å². The van der Waals surface area contributed by atoms with Gasteiger partial charge >= 0.3 is 5.97 Å². The Kier molecular flexibility index (Phi) is 5.75. The van der Waals surface area contributed by atoms with Crippen LogP contribution in [0.4, 0.5) is 0 Å². The Hall–Kier alpha value is -1.86. The predicted octanol–water partition coefficient (Wildman–Crippen LogP) is 3.60. The van der Waals surface area contributed by atoms with E-state index in [1.54, 1.807) is 30.8 Å². The van der Waals surface area contributed by atoms with Gasteiger partial charge in [0.15, 0.2) is 5.70 Å². The first-order valence-electron chi connectivity index (χ1n) is 8.16. The number of thioether (sulfide) groups is 2. The molecule has 1 aromatic carbocycles. The maximum atomic E-state index is 12.6. The summed E-state index contributed by atoms with van der Waals surface area (Å²) in [5.41, 5.74) is 1.94. The molecule has 2 aliphatic rings. The van der Waals surface area contributed by atoms with Gasteiger partial charge in [-0.05, 0) is 56.7 Å². The molecule has 1 heterocycles. The smallest absolute Gasteiger partial charge is 0.357 e. The van der Waals surface area contributed by atoms with Gasteiger partial charge in [-0.2, -0.15) is 0 Å². The van der Waals surface area contributed by atoms with Gasteiger partial charge in [-0.15, -0.1) is 11.8 Å². The summed E-state index contributed by atoms with van der Waals surface area (Å²) in [4.78, 5) is 27.1. The van der Waals surface area contributed by atoms with Gasteiger partial charge in [0.2, 0.25) is 0 Å².